The number of carbonyl (C=O) groups excluding carboxylic acids is 1. The standard InChI is InChI=1S/C28H28ClFN6O8S.C21H20FN3O6S.C7H10ClN3O3.HI.V/c1-14-22(44-28(39)42-14)13-32-4-6-33(7-5-32)21-9-20-18(8-19(21)30)25(37)24(26-35(20)16(3)45-26)27(38)43-17(10-29)12-34-15(2)31-11-23(34)36(40)41;1-10-16(31-21(29)30-10)9-23-3-5-24(6-4-23)15-8-14-12(7-13(15)22)18(26)17(20(27)28)19-25(14)11(2)32-19;1-5-9-3-7(11(13)14)10(5)4-6(12)2-8;;/h8-9,11,16-17H,4-7,10,12-13H2,1-3H3;7-8,11H,3-6,9H2,1-2H3,(H,27,28);3,6,12H,2,4H2,1H3;1H;. The number of nitro groups is 2. The number of rotatable bonds is 17. The molecule has 0 saturated carbocycles. The number of anilines is 2. The quantitative estimate of drug-likeness (QED) is 0.0289. The van der Waals surface area contributed by atoms with Crippen molar-refractivity contribution in [3.05, 3.63) is 156 Å². The number of hydrogen-bond donors (Lipinski definition) is 2. The fourth-order valence-electron chi connectivity index (χ4n) is 11.1. The molecule has 497 valence electrons. The van der Waals surface area contributed by atoms with E-state index in [-0.39, 0.29) is 112 Å². The first-order valence-electron chi connectivity index (χ1n) is 28.1. The molecule has 1 radical (unpaired) electrons. The summed E-state index contributed by atoms with van der Waals surface area (Å²) in [5.41, 5.74) is -0.133. The number of benzene rings is 2. The van der Waals surface area contributed by atoms with Crippen molar-refractivity contribution in [2.45, 2.75) is 101 Å². The Kier molecular flexibility index (Phi) is 23.0. The first-order chi connectivity index (χ1) is 43.3. The summed E-state index contributed by atoms with van der Waals surface area (Å²) in [5.74, 6) is -2.81. The molecule has 0 spiro atoms. The number of aryl methyl sites for hydroxylation is 4. The van der Waals surface area contributed by atoms with E-state index in [9.17, 15) is 59.2 Å². The number of thioether (sulfide) groups is 2. The fourth-order valence-corrected chi connectivity index (χ4v) is 13.7. The van der Waals surface area contributed by atoms with Crippen molar-refractivity contribution >= 4 is 127 Å². The molecule has 6 aromatic heterocycles. The average Bonchev–Trinajstić information content (AvgIpc) is 1.24. The Bertz CT molecular complexity index is 4450. The van der Waals surface area contributed by atoms with Gasteiger partial charge in [-0.2, -0.15) is 0 Å². The predicted molar refractivity (Wildman–Crippen MR) is 343 cm³/mol. The van der Waals surface area contributed by atoms with Crippen LogP contribution in [0.5, 0.6) is 0 Å². The van der Waals surface area contributed by atoms with E-state index in [0.717, 1.165) is 24.5 Å². The number of aromatic carboxylic acids is 1. The minimum absolute atomic E-state index is 0. The number of pyridine rings is 2. The molecule has 12 rings (SSSR count). The van der Waals surface area contributed by atoms with Crippen molar-refractivity contribution in [3.63, 3.8) is 0 Å². The summed E-state index contributed by atoms with van der Waals surface area (Å²) in [5, 5.41) is 41.4. The third-order valence-corrected chi connectivity index (χ3v) is 18.9. The smallest absolute Gasteiger partial charge is 0.477 e. The SMILES string of the molecule is Cc1ncc([N+](=O)[O-])n1CC(O)CCl.Cc1oc(=O)oc1CN1CCN(c2cc3c(cc2F)c(=O)c(C(=O)O)c2n3C(C)S2)CC1.Cc1oc(=O)oc1CN1CCN(c2cc3c(cc2F)c(=O)c(C(=O)OC(CCl)Cn2c([N+](=O)[O-])cnc2C)c2n3C(C)S2)CC1.I.[V]. The maximum absolute atomic E-state index is 15.6. The second-order valence-corrected chi connectivity index (χ2v) is 24.8. The molecule has 2 fully saturated rings. The number of fused-ring (bicyclic) bond motifs is 6. The van der Waals surface area contributed by atoms with Crippen LogP contribution in [0.3, 0.4) is 0 Å². The zero-order valence-corrected chi connectivity index (χ0v) is 57.1. The normalized spacial score (nSPS) is 16.7. The third-order valence-electron chi connectivity index (χ3n) is 15.8. The number of imidazole rings is 2. The summed E-state index contributed by atoms with van der Waals surface area (Å²) in [6.07, 6.45) is 0.458. The van der Waals surface area contributed by atoms with Crippen LogP contribution in [0.25, 0.3) is 21.8 Å². The van der Waals surface area contributed by atoms with Crippen molar-refractivity contribution in [2.24, 2.45) is 0 Å². The van der Waals surface area contributed by atoms with E-state index >= 15 is 8.78 Å². The number of esters is 1. The number of piperazine rings is 2. The summed E-state index contributed by atoms with van der Waals surface area (Å²) in [4.78, 5) is 110. The van der Waals surface area contributed by atoms with Gasteiger partial charge in [-0.25, -0.2) is 47.1 Å². The number of alkyl halides is 2. The Balaban J connectivity index is 0.000000201. The Labute approximate surface area is 571 Å². The maximum Gasteiger partial charge on any atom is 0.519 e. The van der Waals surface area contributed by atoms with Crippen LogP contribution in [0, 0.1) is 59.6 Å². The number of aliphatic hydroxyl groups excluding tert-OH is 1. The minimum Gasteiger partial charge on any atom is -0.477 e. The molecule has 2 N–H and O–H groups in total. The van der Waals surface area contributed by atoms with Crippen molar-refractivity contribution in [1.29, 1.82) is 0 Å². The molecule has 2 aromatic carbocycles. The largest absolute Gasteiger partial charge is 0.519 e. The summed E-state index contributed by atoms with van der Waals surface area (Å²) in [6.45, 7) is 15.6. The monoisotopic (exact) mass is 1520 g/mol. The number of aromatic nitrogens is 6. The van der Waals surface area contributed by atoms with Crippen LogP contribution >= 0.6 is 70.7 Å². The second kappa shape index (κ2) is 29.7. The summed E-state index contributed by atoms with van der Waals surface area (Å²) < 4.78 is 62.4. The zero-order chi connectivity index (χ0) is 65.6. The molecule has 10 heterocycles. The van der Waals surface area contributed by atoms with E-state index in [0.29, 0.717) is 133 Å². The fraction of sp³-hybridized carbons (Fsp3) is 0.429. The van der Waals surface area contributed by atoms with Crippen LogP contribution in [0.2, 0.25) is 0 Å². The Morgan fingerprint density at radius 2 is 1.09 bits per heavy atom. The molecule has 29 nitrogen and oxygen atoms in total. The molecule has 0 aliphatic carbocycles. The van der Waals surface area contributed by atoms with Gasteiger partial charge in [0.25, 0.3) is 0 Å². The van der Waals surface area contributed by atoms with E-state index in [1.807, 2.05) is 23.6 Å². The van der Waals surface area contributed by atoms with E-state index in [1.165, 1.54) is 32.7 Å². The maximum atomic E-state index is 15.6. The van der Waals surface area contributed by atoms with Gasteiger partial charge < -0.3 is 71.8 Å². The van der Waals surface area contributed by atoms with Crippen LogP contribution in [0.1, 0.15) is 80.0 Å². The van der Waals surface area contributed by atoms with E-state index in [1.54, 1.807) is 49.0 Å². The molecule has 2 saturated heterocycles. The summed E-state index contributed by atoms with van der Waals surface area (Å²) in [6, 6.07) is 5.59. The minimum atomic E-state index is -1.30. The zero-order valence-electron chi connectivity index (χ0n) is 50.2. The number of carboxylic acids is 1. The molecule has 4 atom stereocenters. The second-order valence-electron chi connectivity index (χ2n) is 21.6. The topological polar surface area (TPSA) is 349 Å². The molecular weight excluding hydrogens is 1460 g/mol. The van der Waals surface area contributed by atoms with Crippen LogP contribution in [0.4, 0.5) is 31.8 Å². The number of halogens is 5. The van der Waals surface area contributed by atoms with Gasteiger partial charge in [0.05, 0.1) is 68.1 Å². The van der Waals surface area contributed by atoms with E-state index < -0.39 is 68.1 Å². The van der Waals surface area contributed by atoms with Gasteiger partial charge in [0.15, 0.2) is 29.3 Å². The molecule has 93 heavy (non-hydrogen) atoms. The molecule has 4 unspecified atom stereocenters. The Morgan fingerprint density at radius 3 is 1.45 bits per heavy atom. The summed E-state index contributed by atoms with van der Waals surface area (Å²) in [7, 11) is 0. The van der Waals surface area contributed by atoms with Gasteiger partial charge in [-0.1, -0.05) is 23.5 Å². The molecule has 4 aliphatic heterocycles. The van der Waals surface area contributed by atoms with Gasteiger partial charge in [0.2, 0.25) is 10.9 Å². The Hall–Kier alpha value is -7.03. The number of aliphatic hydroxyl groups is 1. The number of hydrogen-bond acceptors (Lipinski definition) is 24. The van der Waals surface area contributed by atoms with Crippen LogP contribution < -0.4 is 32.3 Å². The van der Waals surface area contributed by atoms with Gasteiger partial charge in [0, 0.05) is 95.5 Å². The van der Waals surface area contributed by atoms with Crippen molar-refractivity contribution in [1.82, 2.24) is 38.0 Å². The third kappa shape index (κ3) is 14.8. The molecule has 0 amide bonds. The van der Waals surface area contributed by atoms with Gasteiger partial charge in [0.1, 0.15) is 65.9 Å². The molecule has 4 aliphatic rings. The van der Waals surface area contributed by atoms with Crippen LogP contribution in [-0.4, -0.2) is 146 Å². The predicted octanol–water partition coefficient (Wildman–Crippen LogP) is 7.77. The van der Waals surface area contributed by atoms with Gasteiger partial charge >= 0.3 is 35.2 Å². The van der Waals surface area contributed by atoms with Crippen molar-refractivity contribution in [2.75, 3.05) is 73.9 Å². The Morgan fingerprint density at radius 1 is 0.677 bits per heavy atom. The molecule has 37 heteroatoms. The average molecular weight is 1520 g/mol. The number of nitrogens with zero attached hydrogens (tertiary/aromatic N) is 12. The molecule has 8 aromatic rings. The van der Waals surface area contributed by atoms with Gasteiger partial charge in [-0.15, -0.1) is 47.2 Å². The van der Waals surface area contributed by atoms with Crippen molar-refractivity contribution in [3.8, 4) is 0 Å². The van der Waals surface area contributed by atoms with Crippen LogP contribution in [0.15, 0.2) is 83.6 Å². The number of carbonyl (C=O) groups is 2. The van der Waals surface area contributed by atoms with E-state index in [4.69, 9.17) is 45.6 Å². The van der Waals surface area contributed by atoms with Gasteiger partial charge in [-0.3, -0.25) is 19.4 Å². The number of carboxylic acid groups (broad SMARTS) is 1. The first kappa shape index (κ1) is 71.8. The first-order valence-corrected chi connectivity index (χ1v) is 31.0. The molecule has 0 bridgehead atoms. The van der Waals surface area contributed by atoms with E-state index in [2.05, 4.69) is 19.8 Å². The summed E-state index contributed by atoms with van der Waals surface area (Å²) >= 11 is 14.1. The van der Waals surface area contributed by atoms with Crippen LogP contribution in [-0.2, 0) is 49.5 Å². The molecular formula is C56H59Cl2F2IN12O17S2V. The van der Waals surface area contributed by atoms with Gasteiger partial charge in [-0.05, 0) is 61.8 Å². The number of ether oxygens (including phenoxy) is 1. The van der Waals surface area contributed by atoms with Crippen molar-refractivity contribution < 1.29 is 79.4 Å².